The number of hydrogen-bond donors (Lipinski definition) is 1. The topological polar surface area (TPSA) is 37.4 Å². The molecule has 1 atom stereocenters. The molecule has 7 heteroatoms. The highest BCUT2D eigenvalue weighted by Crippen LogP contribution is 2.43. The predicted molar refractivity (Wildman–Crippen MR) is 85.9 cm³/mol. The minimum absolute atomic E-state index is 0.195. The van der Waals surface area contributed by atoms with E-state index in [9.17, 15) is 13.2 Å². The van der Waals surface area contributed by atoms with E-state index in [-0.39, 0.29) is 5.56 Å². The summed E-state index contributed by atoms with van der Waals surface area (Å²) >= 11 is 0. The number of rotatable bonds is 5. The van der Waals surface area contributed by atoms with Gasteiger partial charge in [-0.25, -0.2) is 4.98 Å². The smallest absolute Gasteiger partial charge is 0.385 e. The quantitative estimate of drug-likeness (QED) is 0.835. The van der Waals surface area contributed by atoms with Crippen molar-refractivity contribution in [3.05, 3.63) is 53.7 Å². The number of nitrogens with one attached hydrogen (secondary N) is 1. The highest BCUT2D eigenvalue weighted by Gasteiger charge is 2.39. The molecule has 1 aromatic heterocycles. The molecule has 1 N–H and O–H groups in total. The highest BCUT2D eigenvalue weighted by atomic mass is 19.4. The lowest BCUT2D eigenvalue weighted by Crippen LogP contribution is -2.31. The molecule has 3 rings (SSSR count). The van der Waals surface area contributed by atoms with Gasteiger partial charge in [0.1, 0.15) is 6.17 Å². The van der Waals surface area contributed by atoms with Gasteiger partial charge in [0.15, 0.2) is 5.82 Å². The molecule has 1 unspecified atom stereocenters. The van der Waals surface area contributed by atoms with Crippen LogP contribution in [0.3, 0.4) is 0 Å². The molecule has 0 spiro atoms. The monoisotopic (exact) mass is 337 g/mol. The molecule has 1 aliphatic rings. The Balaban J connectivity index is 1.98. The lowest BCUT2D eigenvalue weighted by atomic mass is 10.0. The van der Waals surface area contributed by atoms with Crippen LogP contribution in [0.5, 0.6) is 0 Å². The van der Waals surface area contributed by atoms with E-state index >= 15 is 0 Å². The molecule has 1 aromatic carbocycles. The zero-order chi connectivity index (χ0) is 17.2. The van der Waals surface area contributed by atoms with Crippen LogP contribution in [0, 0.1) is 0 Å². The van der Waals surface area contributed by atoms with Crippen molar-refractivity contribution in [2.45, 2.75) is 18.8 Å². The first kappa shape index (κ1) is 16.6. The Morgan fingerprint density at radius 3 is 2.75 bits per heavy atom. The molecule has 2 heterocycles. The number of aromatic nitrogens is 1. The molecule has 0 saturated carbocycles. The summed E-state index contributed by atoms with van der Waals surface area (Å²) in [4.78, 5) is 6.15. The molecule has 0 aliphatic carbocycles. The van der Waals surface area contributed by atoms with Crippen LogP contribution in [0.15, 0.2) is 42.6 Å². The second-order valence-electron chi connectivity index (χ2n) is 5.54. The first-order valence-corrected chi connectivity index (χ1v) is 7.65. The van der Waals surface area contributed by atoms with Gasteiger partial charge >= 0.3 is 6.18 Å². The molecule has 24 heavy (non-hydrogen) atoms. The Hall–Kier alpha value is -2.28. The Morgan fingerprint density at radius 1 is 1.21 bits per heavy atom. The van der Waals surface area contributed by atoms with Crippen LogP contribution in [-0.4, -0.2) is 25.2 Å². The SMILES string of the molecule is COCCCN1c2cccnc2NC1c1ccccc1C(F)(F)F. The van der Waals surface area contributed by atoms with Crippen molar-refractivity contribution in [3.63, 3.8) is 0 Å². The summed E-state index contributed by atoms with van der Waals surface area (Å²) in [7, 11) is 1.61. The number of ether oxygens (including phenoxy) is 1. The Morgan fingerprint density at radius 2 is 2.00 bits per heavy atom. The van der Waals surface area contributed by atoms with E-state index in [1.807, 2.05) is 11.0 Å². The Labute approximate surface area is 138 Å². The summed E-state index contributed by atoms with van der Waals surface area (Å²) in [5, 5.41) is 3.11. The van der Waals surface area contributed by atoms with Crippen molar-refractivity contribution in [2.24, 2.45) is 0 Å². The molecule has 1 aliphatic heterocycles. The van der Waals surface area contributed by atoms with E-state index in [4.69, 9.17) is 4.74 Å². The first-order valence-electron chi connectivity index (χ1n) is 7.65. The number of anilines is 2. The maximum absolute atomic E-state index is 13.4. The molecule has 2 aromatic rings. The van der Waals surface area contributed by atoms with Crippen LogP contribution in [-0.2, 0) is 10.9 Å². The van der Waals surface area contributed by atoms with Crippen molar-refractivity contribution < 1.29 is 17.9 Å². The second-order valence-corrected chi connectivity index (χ2v) is 5.54. The number of fused-ring (bicyclic) bond motifs is 1. The fourth-order valence-electron chi connectivity index (χ4n) is 2.95. The van der Waals surface area contributed by atoms with Gasteiger partial charge < -0.3 is 15.0 Å². The molecule has 4 nitrogen and oxygen atoms in total. The predicted octanol–water partition coefficient (Wildman–Crippen LogP) is 4.07. The van der Waals surface area contributed by atoms with Gasteiger partial charge in [0.25, 0.3) is 0 Å². The van der Waals surface area contributed by atoms with Crippen LogP contribution in [0.1, 0.15) is 23.7 Å². The average Bonchev–Trinajstić information content (AvgIpc) is 2.93. The highest BCUT2D eigenvalue weighted by molar-refractivity contribution is 5.73. The molecule has 0 radical (unpaired) electrons. The lowest BCUT2D eigenvalue weighted by molar-refractivity contribution is -0.138. The molecule has 128 valence electrons. The van der Waals surface area contributed by atoms with Crippen molar-refractivity contribution in [1.29, 1.82) is 0 Å². The van der Waals surface area contributed by atoms with E-state index in [1.54, 1.807) is 25.4 Å². The zero-order valence-corrected chi connectivity index (χ0v) is 13.2. The van der Waals surface area contributed by atoms with Crippen LogP contribution in [0.4, 0.5) is 24.7 Å². The summed E-state index contributed by atoms with van der Waals surface area (Å²) in [5.74, 6) is 0.594. The molecule has 0 bridgehead atoms. The van der Waals surface area contributed by atoms with E-state index in [1.165, 1.54) is 12.1 Å². The summed E-state index contributed by atoms with van der Waals surface area (Å²) in [6.45, 7) is 1.11. The van der Waals surface area contributed by atoms with E-state index in [0.29, 0.717) is 25.4 Å². The van der Waals surface area contributed by atoms with Crippen molar-refractivity contribution in [2.75, 3.05) is 30.5 Å². The third kappa shape index (κ3) is 3.17. The number of nitrogens with zero attached hydrogens (tertiary/aromatic N) is 2. The van der Waals surface area contributed by atoms with E-state index < -0.39 is 17.9 Å². The van der Waals surface area contributed by atoms with Gasteiger partial charge in [-0.2, -0.15) is 13.2 Å². The molecule has 0 amide bonds. The van der Waals surface area contributed by atoms with Crippen LogP contribution < -0.4 is 10.2 Å². The van der Waals surface area contributed by atoms with Gasteiger partial charge in [0, 0.05) is 32.0 Å². The summed E-state index contributed by atoms with van der Waals surface area (Å²) < 4.78 is 45.2. The van der Waals surface area contributed by atoms with Crippen LogP contribution in [0.25, 0.3) is 0 Å². The van der Waals surface area contributed by atoms with Gasteiger partial charge in [-0.1, -0.05) is 18.2 Å². The lowest BCUT2D eigenvalue weighted by Gasteiger charge is -2.28. The maximum atomic E-state index is 13.4. The number of pyridine rings is 1. The Bertz CT molecular complexity index is 705. The minimum atomic E-state index is -4.40. The fraction of sp³-hybridized carbons (Fsp3) is 0.353. The van der Waals surface area contributed by atoms with Crippen molar-refractivity contribution in [3.8, 4) is 0 Å². The third-order valence-corrected chi connectivity index (χ3v) is 3.99. The van der Waals surface area contributed by atoms with Gasteiger partial charge in [0.2, 0.25) is 0 Å². The largest absolute Gasteiger partial charge is 0.416 e. The van der Waals surface area contributed by atoms with Crippen molar-refractivity contribution >= 4 is 11.5 Å². The average molecular weight is 337 g/mol. The number of methoxy groups -OCH3 is 1. The van der Waals surface area contributed by atoms with Gasteiger partial charge in [-0.15, -0.1) is 0 Å². The van der Waals surface area contributed by atoms with Crippen LogP contribution in [0.2, 0.25) is 0 Å². The summed E-state index contributed by atoms with van der Waals surface area (Å²) in [6.07, 6.45) is -2.68. The summed E-state index contributed by atoms with van der Waals surface area (Å²) in [5.41, 5.74) is 0.364. The zero-order valence-electron chi connectivity index (χ0n) is 13.2. The van der Waals surface area contributed by atoms with Gasteiger partial charge in [-0.3, -0.25) is 0 Å². The first-order chi connectivity index (χ1) is 11.5. The molecular formula is C17H18F3N3O. The maximum Gasteiger partial charge on any atom is 0.416 e. The second kappa shape index (κ2) is 6.68. The number of hydrogen-bond acceptors (Lipinski definition) is 4. The summed E-state index contributed by atoms with van der Waals surface area (Å²) in [6, 6.07) is 9.29. The van der Waals surface area contributed by atoms with Gasteiger partial charge in [0.05, 0.1) is 11.3 Å². The van der Waals surface area contributed by atoms with E-state index in [0.717, 1.165) is 11.8 Å². The molecule has 0 saturated heterocycles. The number of alkyl halides is 3. The Kier molecular flexibility index (Phi) is 4.62. The number of benzene rings is 1. The number of halogens is 3. The van der Waals surface area contributed by atoms with Crippen molar-refractivity contribution in [1.82, 2.24) is 4.98 Å². The fourth-order valence-corrected chi connectivity index (χ4v) is 2.95. The standard InChI is InChI=1S/C17H18F3N3O/c1-24-11-5-10-23-14-8-4-9-21-15(14)22-16(23)12-6-2-3-7-13(12)17(18,19)20/h2-4,6-9,16H,5,10-11H2,1H3,(H,21,22). The molecule has 0 fully saturated rings. The van der Waals surface area contributed by atoms with Gasteiger partial charge in [-0.05, 0) is 24.6 Å². The minimum Gasteiger partial charge on any atom is -0.385 e. The van der Waals surface area contributed by atoms with Crippen LogP contribution >= 0.6 is 0 Å². The third-order valence-electron chi connectivity index (χ3n) is 3.99. The van der Waals surface area contributed by atoms with E-state index in [2.05, 4.69) is 10.3 Å². The molecular weight excluding hydrogens is 319 g/mol. The normalized spacial score (nSPS) is 16.8.